The monoisotopic (exact) mass is 489 g/mol. The summed E-state index contributed by atoms with van der Waals surface area (Å²) in [5.41, 5.74) is 5.20. The van der Waals surface area contributed by atoms with Crippen LogP contribution in [0.3, 0.4) is 0 Å². The van der Waals surface area contributed by atoms with Crippen molar-refractivity contribution >= 4 is 21.8 Å². The van der Waals surface area contributed by atoms with Gasteiger partial charge >= 0.3 is 0 Å². The number of sulfonamides is 1. The van der Waals surface area contributed by atoms with E-state index in [1.54, 1.807) is 0 Å². The number of hydrogen-bond acceptors (Lipinski definition) is 6. The van der Waals surface area contributed by atoms with Crippen LogP contribution in [0.2, 0.25) is 0 Å². The standard InChI is InChI=1S/C23H43N3O6S/c1-16(2)14-19(22(27)24-26(15-17(3)4)33(5,29)30)21(18-10-6-7-11-18)23(28)25-32-20-12-8-9-13-31-20/h16-21H,6-15H2,1-5H3,(H,24,27)(H,25,28)/t19-,20?,21+/m1/s1. The summed E-state index contributed by atoms with van der Waals surface area (Å²) in [6.45, 7) is 8.53. The molecule has 10 heteroatoms. The third-order valence-electron chi connectivity index (χ3n) is 6.30. The highest BCUT2D eigenvalue weighted by Gasteiger charge is 2.42. The fourth-order valence-corrected chi connectivity index (χ4v) is 5.59. The first-order valence-electron chi connectivity index (χ1n) is 12.3. The van der Waals surface area contributed by atoms with Crippen molar-refractivity contribution in [3.05, 3.63) is 0 Å². The Labute approximate surface area is 199 Å². The van der Waals surface area contributed by atoms with Crippen LogP contribution in [-0.2, 0) is 29.2 Å². The van der Waals surface area contributed by atoms with E-state index in [1.807, 2.05) is 27.7 Å². The minimum absolute atomic E-state index is 0.0291. The van der Waals surface area contributed by atoms with Crippen molar-refractivity contribution in [1.82, 2.24) is 15.3 Å². The predicted octanol–water partition coefficient (Wildman–Crippen LogP) is 2.98. The van der Waals surface area contributed by atoms with Crippen molar-refractivity contribution in [2.24, 2.45) is 29.6 Å². The summed E-state index contributed by atoms with van der Waals surface area (Å²) in [6.07, 6.45) is 7.48. The average Bonchev–Trinajstić information content (AvgIpc) is 3.25. The number of nitrogens with zero attached hydrogens (tertiary/aromatic N) is 1. The summed E-state index contributed by atoms with van der Waals surface area (Å²) in [6, 6.07) is 0. The Kier molecular flexibility index (Phi) is 11.0. The van der Waals surface area contributed by atoms with Crippen molar-refractivity contribution in [2.75, 3.05) is 19.4 Å². The van der Waals surface area contributed by atoms with Gasteiger partial charge in [-0.2, -0.15) is 0 Å². The first kappa shape index (κ1) is 28.0. The zero-order chi connectivity index (χ0) is 24.6. The normalized spacial score (nSPS) is 22.0. The molecule has 0 aromatic carbocycles. The van der Waals surface area contributed by atoms with Gasteiger partial charge < -0.3 is 4.74 Å². The highest BCUT2D eigenvalue weighted by molar-refractivity contribution is 7.88. The van der Waals surface area contributed by atoms with Crippen molar-refractivity contribution < 1.29 is 27.6 Å². The number of carbonyl (C=O) groups excluding carboxylic acids is 2. The van der Waals surface area contributed by atoms with Gasteiger partial charge in [-0.15, -0.1) is 4.41 Å². The van der Waals surface area contributed by atoms with E-state index in [4.69, 9.17) is 9.57 Å². The Morgan fingerprint density at radius 3 is 2.15 bits per heavy atom. The lowest BCUT2D eigenvalue weighted by atomic mass is 9.76. The molecule has 2 amide bonds. The molecule has 3 atom stereocenters. The van der Waals surface area contributed by atoms with Gasteiger partial charge in [0.05, 0.1) is 18.1 Å². The first-order valence-corrected chi connectivity index (χ1v) is 14.2. The molecule has 1 aliphatic carbocycles. The molecule has 1 heterocycles. The van der Waals surface area contributed by atoms with Crippen LogP contribution in [0.25, 0.3) is 0 Å². The van der Waals surface area contributed by atoms with Gasteiger partial charge in [-0.1, -0.05) is 40.5 Å². The van der Waals surface area contributed by atoms with E-state index in [0.29, 0.717) is 19.4 Å². The van der Waals surface area contributed by atoms with Gasteiger partial charge in [0.1, 0.15) is 0 Å². The number of amides is 2. The molecule has 2 rings (SSSR count). The second-order valence-corrected chi connectivity index (χ2v) is 12.3. The van der Waals surface area contributed by atoms with Crippen molar-refractivity contribution in [2.45, 2.75) is 85.4 Å². The Bertz CT molecular complexity index is 730. The minimum Gasteiger partial charge on any atom is -0.350 e. The van der Waals surface area contributed by atoms with Crippen LogP contribution < -0.4 is 10.9 Å². The molecule has 0 aromatic rings. The van der Waals surface area contributed by atoms with E-state index >= 15 is 0 Å². The lowest BCUT2D eigenvalue weighted by Crippen LogP contribution is -2.53. The second-order valence-electron chi connectivity index (χ2n) is 10.4. The van der Waals surface area contributed by atoms with E-state index < -0.39 is 34.1 Å². The highest BCUT2D eigenvalue weighted by atomic mass is 32.2. The number of rotatable bonds is 12. The van der Waals surface area contributed by atoms with Gasteiger partial charge in [-0.25, -0.2) is 18.7 Å². The van der Waals surface area contributed by atoms with Gasteiger partial charge in [0.2, 0.25) is 21.8 Å². The Morgan fingerprint density at radius 2 is 1.64 bits per heavy atom. The van der Waals surface area contributed by atoms with Crippen molar-refractivity contribution in [1.29, 1.82) is 0 Å². The molecule has 33 heavy (non-hydrogen) atoms. The summed E-state index contributed by atoms with van der Waals surface area (Å²) in [5, 5.41) is 0. The summed E-state index contributed by atoms with van der Waals surface area (Å²) in [4.78, 5) is 32.4. The van der Waals surface area contributed by atoms with Crippen LogP contribution >= 0.6 is 0 Å². The summed E-state index contributed by atoms with van der Waals surface area (Å²) in [7, 11) is -3.65. The maximum atomic E-state index is 13.5. The van der Waals surface area contributed by atoms with E-state index in [2.05, 4.69) is 10.9 Å². The molecule has 0 aromatic heterocycles. The smallest absolute Gasteiger partial charge is 0.247 e. The molecule has 2 aliphatic rings. The number of hydrazine groups is 1. The van der Waals surface area contributed by atoms with E-state index in [9.17, 15) is 18.0 Å². The quantitative estimate of drug-likeness (QED) is 0.408. The topological polar surface area (TPSA) is 114 Å². The number of nitrogens with one attached hydrogen (secondary N) is 2. The van der Waals surface area contributed by atoms with E-state index in [0.717, 1.165) is 49.2 Å². The molecule has 0 bridgehead atoms. The minimum atomic E-state index is -3.65. The number of hydrogen-bond donors (Lipinski definition) is 2. The Hall–Kier alpha value is -1.23. The van der Waals surface area contributed by atoms with Crippen LogP contribution in [0.4, 0.5) is 0 Å². The largest absolute Gasteiger partial charge is 0.350 e. The molecule has 2 N–H and O–H groups in total. The number of ether oxygens (including phenoxy) is 1. The maximum absolute atomic E-state index is 13.5. The lowest BCUT2D eigenvalue weighted by Gasteiger charge is -2.33. The summed E-state index contributed by atoms with van der Waals surface area (Å²) < 4.78 is 31.1. The molecule has 1 aliphatic heterocycles. The maximum Gasteiger partial charge on any atom is 0.247 e. The molecule has 1 saturated heterocycles. The Balaban J connectivity index is 2.22. The molecule has 2 fully saturated rings. The number of hydroxylamine groups is 1. The molecule has 9 nitrogen and oxygen atoms in total. The van der Waals surface area contributed by atoms with E-state index in [-0.39, 0.29) is 30.2 Å². The molecule has 192 valence electrons. The second kappa shape index (κ2) is 13.0. The van der Waals surface area contributed by atoms with Gasteiger partial charge in [-0.3, -0.25) is 15.0 Å². The lowest BCUT2D eigenvalue weighted by molar-refractivity contribution is -0.203. The van der Waals surface area contributed by atoms with Crippen LogP contribution in [-0.4, -0.2) is 50.3 Å². The third kappa shape index (κ3) is 9.15. The van der Waals surface area contributed by atoms with Crippen molar-refractivity contribution in [3.8, 4) is 0 Å². The van der Waals surface area contributed by atoms with Crippen molar-refractivity contribution in [3.63, 3.8) is 0 Å². The summed E-state index contributed by atoms with van der Waals surface area (Å²) >= 11 is 0. The first-order chi connectivity index (χ1) is 15.5. The SMILES string of the molecule is CC(C)C[C@@H](C(=O)NN(CC(C)C)S(C)(=O)=O)[C@@H](C(=O)NOC1CCCCO1)C1CCCC1. The molecule has 0 spiro atoms. The predicted molar refractivity (Wildman–Crippen MR) is 126 cm³/mol. The molecule has 0 radical (unpaired) electrons. The zero-order valence-corrected chi connectivity index (χ0v) is 21.7. The van der Waals surface area contributed by atoms with Crippen LogP contribution in [0.1, 0.15) is 79.1 Å². The van der Waals surface area contributed by atoms with Gasteiger partial charge in [0, 0.05) is 19.6 Å². The summed E-state index contributed by atoms with van der Waals surface area (Å²) in [5.74, 6) is -1.80. The van der Waals surface area contributed by atoms with Gasteiger partial charge in [0.15, 0.2) is 6.29 Å². The highest BCUT2D eigenvalue weighted by Crippen LogP contribution is 2.38. The van der Waals surface area contributed by atoms with Gasteiger partial charge in [0.25, 0.3) is 0 Å². The molecule has 1 unspecified atom stereocenters. The molecule has 1 saturated carbocycles. The molecular weight excluding hydrogens is 446 g/mol. The zero-order valence-electron chi connectivity index (χ0n) is 20.8. The Morgan fingerprint density at radius 1 is 1.00 bits per heavy atom. The fraction of sp³-hybridized carbons (Fsp3) is 0.913. The average molecular weight is 490 g/mol. The van der Waals surface area contributed by atoms with E-state index in [1.165, 1.54) is 0 Å². The van der Waals surface area contributed by atoms with Crippen LogP contribution in [0.5, 0.6) is 0 Å². The third-order valence-corrected chi connectivity index (χ3v) is 7.34. The van der Waals surface area contributed by atoms with Gasteiger partial charge in [-0.05, 0) is 49.9 Å². The molecular formula is C23H43N3O6S. The fourth-order valence-electron chi connectivity index (χ4n) is 4.76. The van der Waals surface area contributed by atoms with Crippen LogP contribution in [0.15, 0.2) is 0 Å². The van der Waals surface area contributed by atoms with Crippen LogP contribution in [0, 0.1) is 29.6 Å². The number of carbonyl (C=O) groups is 2.